The molecule has 1 aromatic carbocycles. The van der Waals surface area contributed by atoms with Crippen LogP contribution >= 0.6 is 0 Å². The molecule has 0 radical (unpaired) electrons. The predicted octanol–water partition coefficient (Wildman–Crippen LogP) is 4.28. The summed E-state index contributed by atoms with van der Waals surface area (Å²) >= 11 is 0. The molecule has 8 nitrogen and oxygen atoms in total. The molecule has 1 aliphatic heterocycles. The first kappa shape index (κ1) is 20.9. The van der Waals surface area contributed by atoms with E-state index in [2.05, 4.69) is 22.1 Å². The maximum atomic E-state index is 5.56. The Morgan fingerprint density at radius 3 is 2.64 bits per heavy atom. The average molecular weight is 443 g/mol. The molecule has 4 aromatic rings. The van der Waals surface area contributed by atoms with Gasteiger partial charge in [-0.25, -0.2) is 19.6 Å². The van der Waals surface area contributed by atoms with Crippen LogP contribution in [0.25, 0.3) is 18.0 Å². The molecule has 33 heavy (non-hydrogen) atoms. The summed E-state index contributed by atoms with van der Waals surface area (Å²) in [6, 6.07) is 10.2. The van der Waals surface area contributed by atoms with Crippen molar-refractivity contribution in [2.24, 2.45) is 0 Å². The summed E-state index contributed by atoms with van der Waals surface area (Å²) in [7, 11) is 3.32. The second-order valence-corrected chi connectivity index (χ2v) is 8.07. The van der Waals surface area contributed by atoms with Gasteiger partial charge in [-0.05, 0) is 61.2 Å². The molecule has 0 N–H and O–H groups in total. The van der Waals surface area contributed by atoms with E-state index >= 15 is 0 Å². The Kier molecular flexibility index (Phi) is 5.64. The van der Waals surface area contributed by atoms with Gasteiger partial charge >= 0.3 is 0 Å². The zero-order valence-electron chi connectivity index (χ0n) is 19.0. The maximum Gasteiger partial charge on any atom is 0.180 e. The normalized spacial score (nSPS) is 15.5. The average Bonchev–Trinajstić information content (AvgIpc) is 3.48. The number of methoxy groups -OCH3 is 2. The maximum absolute atomic E-state index is 5.56. The van der Waals surface area contributed by atoms with Crippen molar-refractivity contribution in [3.63, 3.8) is 0 Å². The quantitative estimate of drug-likeness (QED) is 0.443. The number of rotatable bonds is 6. The van der Waals surface area contributed by atoms with Crippen molar-refractivity contribution in [1.82, 2.24) is 29.3 Å². The van der Waals surface area contributed by atoms with Crippen molar-refractivity contribution in [2.45, 2.75) is 32.2 Å². The molecular weight excluding hydrogens is 416 g/mol. The zero-order chi connectivity index (χ0) is 22.8. The van der Waals surface area contributed by atoms with Crippen LogP contribution in [-0.4, -0.2) is 43.5 Å². The van der Waals surface area contributed by atoms with Crippen molar-refractivity contribution < 1.29 is 9.47 Å². The molecule has 1 aliphatic rings. The molecule has 0 fully saturated rings. The molecule has 0 amide bonds. The summed E-state index contributed by atoms with van der Waals surface area (Å²) in [5.41, 5.74) is 3.07. The van der Waals surface area contributed by atoms with Crippen molar-refractivity contribution in [1.29, 1.82) is 0 Å². The molecule has 0 unspecified atom stereocenters. The molecule has 1 atom stereocenters. The largest absolute Gasteiger partial charge is 0.497 e. The molecule has 5 rings (SSSR count). The van der Waals surface area contributed by atoms with E-state index in [-0.39, 0.29) is 5.92 Å². The third-order valence-corrected chi connectivity index (χ3v) is 5.86. The summed E-state index contributed by atoms with van der Waals surface area (Å²) in [6.07, 6.45) is 11.5. The van der Waals surface area contributed by atoms with Gasteiger partial charge in [-0.15, -0.1) is 0 Å². The van der Waals surface area contributed by atoms with Gasteiger partial charge in [0.25, 0.3) is 0 Å². The fourth-order valence-electron chi connectivity index (χ4n) is 4.19. The second-order valence-electron chi connectivity index (χ2n) is 8.07. The predicted molar refractivity (Wildman–Crippen MR) is 126 cm³/mol. The van der Waals surface area contributed by atoms with E-state index in [9.17, 15) is 0 Å². The summed E-state index contributed by atoms with van der Waals surface area (Å²) in [6.45, 7) is 2.83. The van der Waals surface area contributed by atoms with Gasteiger partial charge in [0.1, 0.15) is 17.9 Å². The molecule has 0 aliphatic carbocycles. The highest BCUT2D eigenvalue weighted by molar-refractivity contribution is 5.67. The first-order valence-corrected chi connectivity index (χ1v) is 11.0. The molecule has 3 aromatic heterocycles. The number of imidazole rings is 1. The van der Waals surface area contributed by atoms with Gasteiger partial charge < -0.3 is 9.47 Å². The molecule has 4 heterocycles. The molecule has 168 valence electrons. The fraction of sp³-hybridized carbons (Fsp3) is 0.280. The van der Waals surface area contributed by atoms with Crippen LogP contribution in [-0.2, 0) is 6.54 Å². The Labute approximate surface area is 192 Å². The molecule has 0 bridgehead atoms. The number of hydrogen-bond acceptors (Lipinski definition) is 6. The second kappa shape index (κ2) is 8.90. The Morgan fingerprint density at radius 2 is 1.91 bits per heavy atom. The van der Waals surface area contributed by atoms with Crippen LogP contribution in [0.15, 0.2) is 49.1 Å². The van der Waals surface area contributed by atoms with Crippen LogP contribution in [0.3, 0.4) is 0 Å². The lowest BCUT2D eigenvalue weighted by atomic mass is 9.91. The number of fused-ring (bicyclic) bond motifs is 1. The van der Waals surface area contributed by atoms with Gasteiger partial charge in [0, 0.05) is 24.9 Å². The van der Waals surface area contributed by atoms with Gasteiger partial charge in [-0.1, -0.05) is 12.1 Å². The highest BCUT2D eigenvalue weighted by Crippen LogP contribution is 2.33. The monoisotopic (exact) mass is 442 g/mol. The SMILES string of the molecule is COc1ccc([C@@H]2CCCn3nc(/C=C/c4cnc(-n5cnc(C)c5)c(OC)c4)nc32)cc1. The minimum Gasteiger partial charge on any atom is -0.497 e. The summed E-state index contributed by atoms with van der Waals surface area (Å²) in [5, 5.41) is 4.72. The molecule has 0 saturated carbocycles. The minimum atomic E-state index is 0.235. The first-order chi connectivity index (χ1) is 16.1. The molecule has 8 heteroatoms. The minimum absolute atomic E-state index is 0.235. The zero-order valence-corrected chi connectivity index (χ0v) is 19.0. The van der Waals surface area contributed by atoms with E-state index in [0.717, 1.165) is 42.2 Å². The van der Waals surface area contributed by atoms with E-state index in [1.807, 2.05) is 52.7 Å². The standard InChI is InChI=1S/C25H26N6O2/c1-17-15-30(16-27-17)25-22(33-3)13-18(14-26-25)6-11-23-28-24-21(5-4-12-31(24)29-23)19-7-9-20(32-2)10-8-19/h6-11,13-16,21H,4-5,12H2,1-3H3/b11-6+/t21-/m0/s1. The topological polar surface area (TPSA) is 79.9 Å². The van der Waals surface area contributed by atoms with E-state index in [0.29, 0.717) is 17.4 Å². The third kappa shape index (κ3) is 4.24. The highest BCUT2D eigenvalue weighted by atomic mass is 16.5. The fourth-order valence-corrected chi connectivity index (χ4v) is 4.19. The van der Waals surface area contributed by atoms with Crippen molar-refractivity contribution in [2.75, 3.05) is 14.2 Å². The Balaban J connectivity index is 1.39. The summed E-state index contributed by atoms with van der Waals surface area (Å²) in [4.78, 5) is 13.7. The highest BCUT2D eigenvalue weighted by Gasteiger charge is 2.25. The smallest absolute Gasteiger partial charge is 0.180 e. The number of aryl methyl sites for hydroxylation is 2. The Morgan fingerprint density at radius 1 is 1.06 bits per heavy atom. The van der Waals surface area contributed by atoms with Crippen LogP contribution in [0, 0.1) is 6.92 Å². The van der Waals surface area contributed by atoms with Gasteiger partial charge in [-0.3, -0.25) is 4.57 Å². The van der Waals surface area contributed by atoms with Crippen LogP contribution < -0.4 is 9.47 Å². The number of ether oxygens (including phenoxy) is 2. The lowest BCUT2D eigenvalue weighted by Gasteiger charge is -2.22. The van der Waals surface area contributed by atoms with Gasteiger partial charge in [0.05, 0.1) is 19.9 Å². The number of nitrogens with zero attached hydrogens (tertiary/aromatic N) is 6. The van der Waals surface area contributed by atoms with E-state index in [1.165, 1.54) is 5.56 Å². The number of aromatic nitrogens is 6. The van der Waals surface area contributed by atoms with Gasteiger partial charge in [-0.2, -0.15) is 5.10 Å². The first-order valence-electron chi connectivity index (χ1n) is 11.0. The van der Waals surface area contributed by atoms with E-state index in [4.69, 9.17) is 19.6 Å². The van der Waals surface area contributed by atoms with Gasteiger partial charge in [0.2, 0.25) is 0 Å². The number of pyridine rings is 1. The lowest BCUT2D eigenvalue weighted by molar-refractivity contribution is 0.410. The van der Waals surface area contributed by atoms with Crippen molar-refractivity contribution >= 4 is 12.2 Å². The Bertz CT molecular complexity index is 1290. The van der Waals surface area contributed by atoms with E-state index in [1.54, 1.807) is 26.7 Å². The van der Waals surface area contributed by atoms with E-state index < -0.39 is 0 Å². The van der Waals surface area contributed by atoms with Gasteiger partial charge in [0.15, 0.2) is 17.4 Å². The van der Waals surface area contributed by atoms with Crippen LogP contribution in [0.5, 0.6) is 11.5 Å². The van der Waals surface area contributed by atoms with Crippen molar-refractivity contribution in [3.05, 3.63) is 77.5 Å². The summed E-state index contributed by atoms with van der Waals surface area (Å²) < 4.78 is 14.7. The Hall–Kier alpha value is -3.94. The lowest BCUT2D eigenvalue weighted by Crippen LogP contribution is -2.17. The van der Waals surface area contributed by atoms with Crippen LogP contribution in [0.2, 0.25) is 0 Å². The third-order valence-electron chi connectivity index (χ3n) is 5.86. The molecular formula is C25H26N6O2. The number of benzene rings is 1. The number of hydrogen-bond donors (Lipinski definition) is 0. The van der Waals surface area contributed by atoms with Crippen LogP contribution in [0.1, 0.15) is 47.2 Å². The van der Waals surface area contributed by atoms with Crippen molar-refractivity contribution in [3.8, 4) is 17.3 Å². The summed E-state index contributed by atoms with van der Waals surface area (Å²) in [5.74, 6) is 4.17. The van der Waals surface area contributed by atoms with Crippen LogP contribution in [0.4, 0.5) is 0 Å². The molecule has 0 saturated heterocycles. The molecule has 0 spiro atoms.